The molecule has 140 valence electrons. The highest BCUT2D eigenvalue weighted by atomic mass is 35.5. The lowest BCUT2D eigenvalue weighted by Crippen LogP contribution is -2.18. The third-order valence-electron chi connectivity index (χ3n) is 3.68. The van der Waals surface area contributed by atoms with E-state index in [1.807, 2.05) is 0 Å². The van der Waals surface area contributed by atoms with Crippen molar-refractivity contribution in [2.24, 2.45) is 5.10 Å². The van der Waals surface area contributed by atoms with Crippen LogP contribution in [0.5, 0.6) is 5.75 Å². The fourth-order valence-electron chi connectivity index (χ4n) is 2.28. The number of halogens is 2. The van der Waals surface area contributed by atoms with Crippen molar-refractivity contribution in [3.05, 3.63) is 100 Å². The van der Waals surface area contributed by atoms with Crippen molar-refractivity contribution < 1.29 is 18.7 Å². The summed E-state index contributed by atoms with van der Waals surface area (Å²) in [6, 6.07) is 18.7. The Balaban J connectivity index is 1.59. The standard InChI is InChI=1S/C21H14ClFN2O3/c22-18-7-3-1-5-16(18)21(27)28-15-11-9-14(10-12-15)13-24-25-20(26)17-6-2-4-8-19(17)23/h1-13H,(H,25,26)/b24-13-. The molecule has 3 aromatic rings. The summed E-state index contributed by atoms with van der Waals surface area (Å²) in [6.07, 6.45) is 1.39. The molecule has 0 saturated heterocycles. The summed E-state index contributed by atoms with van der Waals surface area (Å²) < 4.78 is 18.8. The molecule has 0 aromatic heterocycles. The molecule has 3 aromatic carbocycles. The van der Waals surface area contributed by atoms with Gasteiger partial charge in [-0.25, -0.2) is 14.6 Å². The summed E-state index contributed by atoms with van der Waals surface area (Å²) in [5, 5.41) is 4.10. The Kier molecular flexibility index (Phi) is 6.14. The highest BCUT2D eigenvalue weighted by Gasteiger charge is 2.12. The number of hydrogen-bond acceptors (Lipinski definition) is 4. The second kappa shape index (κ2) is 8.92. The minimum Gasteiger partial charge on any atom is -0.423 e. The molecule has 0 spiro atoms. The van der Waals surface area contributed by atoms with E-state index in [2.05, 4.69) is 10.5 Å². The molecule has 0 saturated carbocycles. The summed E-state index contributed by atoms with van der Waals surface area (Å²) in [7, 11) is 0. The first-order chi connectivity index (χ1) is 13.5. The zero-order valence-corrected chi connectivity index (χ0v) is 15.2. The number of esters is 1. The van der Waals surface area contributed by atoms with Gasteiger partial charge < -0.3 is 4.74 Å². The van der Waals surface area contributed by atoms with Crippen LogP contribution >= 0.6 is 11.6 Å². The van der Waals surface area contributed by atoms with E-state index in [1.54, 1.807) is 54.6 Å². The van der Waals surface area contributed by atoms with Crippen LogP contribution in [0.1, 0.15) is 26.3 Å². The van der Waals surface area contributed by atoms with Crippen molar-refractivity contribution in [2.45, 2.75) is 0 Å². The molecule has 3 rings (SSSR count). The molecular weight excluding hydrogens is 383 g/mol. The second-order valence-corrected chi connectivity index (χ2v) is 6.02. The smallest absolute Gasteiger partial charge is 0.345 e. The van der Waals surface area contributed by atoms with Gasteiger partial charge in [0.25, 0.3) is 5.91 Å². The first kappa shape index (κ1) is 19.3. The molecule has 0 aliphatic rings. The van der Waals surface area contributed by atoms with Crippen LogP contribution in [0.25, 0.3) is 0 Å². The quantitative estimate of drug-likeness (QED) is 0.299. The largest absolute Gasteiger partial charge is 0.423 e. The van der Waals surface area contributed by atoms with Crippen LogP contribution in [0, 0.1) is 5.82 Å². The summed E-state index contributed by atoms with van der Waals surface area (Å²) in [4.78, 5) is 24.0. The molecule has 0 atom stereocenters. The lowest BCUT2D eigenvalue weighted by Gasteiger charge is -2.06. The molecule has 0 fully saturated rings. The van der Waals surface area contributed by atoms with Crippen molar-refractivity contribution in [3.8, 4) is 5.75 Å². The SMILES string of the molecule is O=C(N/N=C\c1ccc(OC(=O)c2ccccc2Cl)cc1)c1ccccc1F. The molecule has 28 heavy (non-hydrogen) atoms. The molecule has 1 amide bonds. The average Bonchev–Trinajstić information content (AvgIpc) is 2.70. The van der Waals surface area contributed by atoms with Gasteiger partial charge in [-0.1, -0.05) is 35.9 Å². The Labute approximate surface area is 165 Å². The number of hydrogen-bond donors (Lipinski definition) is 1. The van der Waals surface area contributed by atoms with Crippen molar-refractivity contribution >= 4 is 29.7 Å². The maximum atomic E-state index is 13.5. The minimum absolute atomic E-state index is 0.0958. The van der Waals surface area contributed by atoms with E-state index in [0.717, 1.165) is 0 Å². The van der Waals surface area contributed by atoms with Gasteiger partial charge >= 0.3 is 5.97 Å². The monoisotopic (exact) mass is 396 g/mol. The van der Waals surface area contributed by atoms with Crippen molar-refractivity contribution in [1.82, 2.24) is 5.43 Å². The summed E-state index contributed by atoms with van der Waals surface area (Å²) >= 11 is 5.97. The topological polar surface area (TPSA) is 67.8 Å². The number of carbonyl (C=O) groups excluding carboxylic acids is 2. The second-order valence-electron chi connectivity index (χ2n) is 5.62. The van der Waals surface area contributed by atoms with Crippen LogP contribution < -0.4 is 10.2 Å². The maximum Gasteiger partial charge on any atom is 0.345 e. The van der Waals surface area contributed by atoms with Crippen LogP contribution in [0.15, 0.2) is 77.9 Å². The number of rotatable bonds is 5. The molecule has 0 aliphatic heterocycles. The van der Waals surface area contributed by atoms with Gasteiger partial charge in [0.15, 0.2) is 0 Å². The van der Waals surface area contributed by atoms with Crippen LogP contribution in [0.2, 0.25) is 5.02 Å². The third-order valence-corrected chi connectivity index (χ3v) is 4.01. The predicted molar refractivity (Wildman–Crippen MR) is 104 cm³/mol. The third kappa shape index (κ3) is 4.81. The van der Waals surface area contributed by atoms with Crippen molar-refractivity contribution in [1.29, 1.82) is 0 Å². The van der Waals surface area contributed by atoms with E-state index in [0.29, 0.717) is 16.3 Å². The Morgan fingerprint density at radius 1 is 0.929 bits per heavy atom. The number of carbonyl (C=O) groups is 2. The van der Waals surface area contributed by atoms with E-state index in [-0.39, 0.29) is 11.1 Å². The van der Waals surface area contributed by atoms with Crippen LogP contribution in [-0.2, 0) is 0 Å². The highest BCUT2D eigenvalue weighted by molar-refractivity contribution is 6.33. The summed E-state index contributed by atoms with van der Waals surface area (Å²) in [5.74, 6) is -1.51. The van der Waals surface area contributed by atoms with E-state index in [9.17, 15) is 14.0 Å². The normalized spacial score (nSPS) is 10.6. The zero-order valence-electron chi connectivity index (χ0n) is 14.4. The van der Waals surface area contributed by atoms with Crippen LogP contribution in [0.3, 0.4) is 0 Å². The van der Waals surface area contributed by atoms with Gasteiger partial charge in [-0.15, -0.1) is 0 Å². The Morgan fingerprint density at radius 3 is 2.25 bits per heavy atom. The molecule has 0 radical (unpaired) electrons. The Bertz CT molecular complexity index is 1040. The Hall–Kier alpha value is -3.51. The number of benzene rings is 3. The van der Waals surface area contributed by atoms with E-state index in [4.69, 9.17) is 16.3 Å². The summed E-state index contributed by atoms with van der Waals surface area (Å²) in [5.41, 5.74) is 3.07. The molecule has 5 nitrogen and oxygen atoms in total. The molecular formula is C21H14ClFN2O3. The van der Waals surface area contributed by atoms with Gasteiger partial charge in [-0.2, -0.15) is 5.10 Å². The highest BCUT2D eigenvalue weighted by Crippen LogP contribution is 2.19. The maximum absolute atomic E-state index is 13.5. The fraction of sp³-hybridized carbons (Fsp3) is 0. The molecule has 1 N–H and O–H groups in total. The predicted octanol–water partition coefficient (Wildman–Crippen LogP) is 4.46. The lowest BCUT2D eigenvalue weighted by atomic mass is 10.2. The Morgan fingerprint density at radius 2 is 1.57 bits per heavy atom. The van der Waals surface area contributed by atoms with Crippen LogP contribution in [0.4, 0.5) is 4.39 Å². The van der Waals surface area contributed by atoms with Gasteiger partial charge in [0.2, 0.25) is 0 Å². The van der Waals surface area contributed by atoms with Crippen LogP contribution in [-0.4, -0.2) is 18.1 Å². The van der Waals surface area contributed by atoms with Crippen molar-refractivity contribution in [2.75, 3.05) is 0 Å². The number of nitrogens with zero attached hydrogens (tertiary/aromatic N) is 1. The molecule has 0 bridgehead atoms. The van der Waals surface area contributed by atoms with Crippen molar-refractivity contribution in [3.63, 3.8) is 0 Å². The fourth-order valence-corrected chi connectivity index (χ4v) is 2.49. The van der Waals surface area contributed by atoms with Gasteiger partial charge in [-0.05, 0) is 54.1 Å². The number of amides is 1. The minimum atomic E-state index is -0.653. The molecule has 7 heteroatoms. The number of nitrogens with one attached hydrogen (secondary N) is 1. The molecule has 0 aliphatic carbocycles. The average molecular weight is 397 g/mol. The van der Waals surface area contributed by atoms with E-state index >= 15 is 0 Å². The van der Waals surface area contributed by atoms with Gasteiger partial charge in [0, 0.05) is 0 Å². The van der Waals surface area contributed by atoms with Gasteiger partial charge in [-0.3, -0.25) is 4.79 Å². The number of ether oxygens (including phenoxy) is 1. The van der Waals surface area contributed by atoms with E-state index in [1.165, 1.54) is 24.4 Å². The molecule has 0 unspecified atom stereocenters. The van der Waals surface area contributed by atoms with Gasteiger partial charge in [0.1, 0.15) is 11.6 Å². The summed E-state index contributed by atoms with van der Waals surface area (Å²) in [6.45, 7) is 0. The first-order valence-electron chi connectivity index (χ1n) is 8.19. The van der Waals surface area contributed by atoms with Gasteiger partial charge in [0.05, 0.1) is 22.4 Å². The molecule has 0 heterocycles. The first-order valence-corrected chi connectivity index (χ1v) is 8.57. The number of hydrazone groups is 1. The zero-order chi connectivity index (χ0) is 19.9. The van der Waals surface area contributed by atoms with E-state index < -0.39 is 17.7 Å². The lowest BCUT2D eigenvalue weighted by molar-refractivity contribution is 0.0734.